The van der Waals surface area contributed by atoms with Crippen LogP contribution in [-0.4, -0.2) is 25.2 Å². The van der Waals surface area contributed by atoms with E-state index in [2.05, 4.69) is 10.2 Å². The van der Waals surface area contributed by atoms with Crippen molar-refractivity contribution in [1.82, 2.24) is 5.32 Å². The molecule has 1 aliphatic heterocycles. The van der Waals surface area contributed by atoms with Crippen LogP contribution in [0.15, 0.2) is 18.2 Å². The Morgan fingerprint density at radius 2 is 1.78 bits per heavy atom. The second-order valence-electron chi connectivity index (χ2n) is 5.23. The standard InChI is InChI=1S/C14H18F2N2/c15-10-7-11(16)9-12(8-10)18-6-5-17-13-3-1-2-4-14(13)18/h7-9,13-14,17H,1-6H2/t13-,14-/m0/s1. The summed E-state index contributed by atoms with van der Waals surface area (Å²) < 4.78 is 26.6. The third kappa shape index (κ3) is 2.21. The summed E-state index contributed by atoms with van der Waals surface area (Å²) in [6.45, 7) is 1.71. The molecule has 0 spiro atoms. The summed E-state index contributed by atoms with van der Waals surface area (Å²) >= 11 is 0. The molecule has 1 saturated carbocycles. The summed E-state index contributed by atoms with van der Waals surface area (Å²) in [5.41, 5.74) is 0.686. The van der Waals surface area contributed by atoms with Gasteiger partial charge in [-0.1, -0.05) is 12.8 Å². The summed E-state index contributed by atoms with van der Waals surface area (Å²) in [6, 6.07) is 4.68. The fourth-order valence-electron chi connectivity index (χ4n) is 3.28. The van der Waals surface area contributed by atoms with E-state index >= 15 is 0 Å². The van der Waals surface area contributed by atoms with Gasteiger partial charge >= 0.3 is 0 Å². The molecule has 3 rings (SSSR count). The highest BCUT2D eigenvalue weighted by Crippen LogP contribution is 2.30. The van der Waals surface area contributed by atoms with Crippen LogP contribution in [0.5, 0.6) is 0 Å². The van der Waals surface area contributed by atoms with Crippen molar-refractivity contribution in [2.24, 2.45) is 0 Å². The van der Waals surface area contributed by atoms with Gasteiger partial charge in [-0.3, -0.25) is 0 Å². The van der Waals surface area contributed by atoms with Crippen LogP contribution in [0.3, 0.4) is 0 Å². The molecule has 1 aromatic rings. The second kappa shape index (κ2) is 4.84. The second-order valence-corrected chi connectivity index (χ2v) is 5.23. The molecule has 4 heteroatoms. The number of anilines is 1. The number of nitrogens with one attached hydrogen (secondary N) is 1. The molecule has 2 nitrogen and oxygen atoms in total. The number of nitrogens with zero attached hydrogens (tertiary/aromatic N) is 1. The first-order valence-corrected chi connectivity index (χ1v) is 6.70. The van der Waals surface area contributed by atoms with Gasteiger partial charge in [0.05, 0.1) is 0 Å². The van der Waals surface area contributed by atoms with Crippen LogP contribution in [0.4, 0.5) is 14.5 Å². The predicted octanol–water partition coefficient (Wildman–Crippen LogP) is 2.69. The molecule has 98 valence electrons. The lowest BCUT2D eigenvalue weighted by Crippen LogP contribution is -2.59. The molecule has 0 unspecified atom stereocenters. The van der Waals surface area contributed by atoms with E-state index in [-0.39, 0.29) is 0 Å². The van der Waals surface area contributed by atoms with Crippen LogP contribution >= 0.6 is 0 Å². The van der Waals surface area contributed by atoms with Gasteiger partial charge in [0.25, 0.3) is 0 Å². The quantitative estimate of drug-likeness (QED) is 0.826. The first kappa shape index (κ1) is 11.9. The van der Waals surface area contributed by atoms with E-state index in [9.17, 15) is 8.78 Å². The lowest BCUT2D eigenvalue weighted by Gasteiger charge is -2.46. The molecule has 1 N–H and O–H groups in total. The van der Waals surface area contributed by atoms with E-state index in [4.69, 9.17) is 0 Å². The van der Waals surface area contributed by atoms with Gasteiger partial charge in [-0.15, -0.1) is 0 Å². The molecule has 1 aliphatic carbocycles. The zero-order valence-corrected chi connectivity index (χ0v) is 10.3. The number of fused-ring (bicyclic) bond motifs is 1. The minimum absolute atomic E-state index is 0.383. The topological polar surface area (TPSA) is 15.3 Å². The van der Waals surface area contributed by atoms with E-state index in [1.165, 1.54) is 31.4 Å². The molecule has 1 heterocycles. The molecule has 18 heavy (non-hydrogen) atoms. The maximum absolute atomic E-state index is 13.3. The first-order valence-electron chi connectivity index (χ1n) is 6.70. The van der Waals surface area contributed by atoms with E-state index in [1.807, 2.05) is 0 Å². The maximum atomic E-state index is 13.3. The normalized spacial score (nSPS) is 28.0. The van der Waals surface area contributed by atoms with Crippen molar-refractivity contribution in [1.29, 1.82) is 0 Å². The number of benzene rings is 1. The Hall–Kier alpha value is -1.16. The Balaban J connectivity index is 1.89. The van der Waals surface area contributed by atoms with E-state index in [0.717, 1.165) is 25.6 Å². The average molecular weight is 252 g/mol. The summed E-state index contributed by atoms with van der Waals surface area (Å²) in [7, 11) is 0. The van der Waals surface area contributed by atoms with E-state index in [0.29, 0.717) is 17.8 Å². The van der Waals surface area contributed by atoms with Crippen LogP contribution < -0.4 is 10.2 Å². The van der Waals surface area contributed by atoms with Crippen molar-refractivity contribution in [3.05, 3.63) is 29.8 Å². The Bertz CT molecular complexity index is 414. The van der Waals surface area contributed by atoms with Gasteiger partial charge in [-0.25, -0.2) is 8.78 Å². The van der Waals surface area contributed by atoms with Crippen LogP contribution in [0, 0.1) is 11.6 Å². The number of halogens is 2. The molecule has 0 amide bonds. The molecule has 0 aromatic heterocycles. The molecule has 2 fully saturated rings. The van der Waals surface area contributed by atoms with Gasteiger partial charge in [0.15, 0.2) is 0 Å². The third-order valence-electron chi connectivity index (χ3n) is 4.07. The van der Waals surface area contributed by atoms with Crippen molar-refractivity contribution in [2.45, 2.75) is 37.8 Å². The van der Waals surface area contributed by atoms with Crippen LogP contribution in [0.1, 0.15) is 25.7 Å². The Morgan fingerprint density at radius 3 is 2.56 bits per heavy atom. The molecule has 1 aromatic carbocycles. The largest absolute Gasteiger partial charge is 0.366 e. The van der Waals surface area contributed by atoms with Crippen molar-refractivity contribution in [2.75, 3.05) is 18.0 Å². The van der Waals surface area contributed by atoms with Crippen molar-refractivity contribution in [3.63, 3.8) is 0 Å². The fourth-order valence-corrected chi connectivity index (χ4v) is 3.28. The summed E-state index contributed by atoms with van der Waals surface area (Å²) in [5, 5.41) is 3.52. The number of hydrogen-bond donors (Lipinski definition) is 1. The van der Waals surface area contributed by atoms with Crippen molar-refractivity contribution in [3.8, 4) is 0 Å². The predicted molar refractivity (Wildman–Crippen MR) is 67.8 cm³/mol. The van der Waals surface area contributed by atoms with Crippen LogP contribution in [-0.2, 0) is 0 Å². The monoisotopic (exact) mass is 252 g/mol. The lowest BCUT2D eigenvalue weighted by molar-refractivity contribution is 0.284. The molecule has 2 aliphatic rings. The van der Waals surface area contributed by atoms with Crippen molar-refractivity contribution >= 4 is 5.69 Å². The fraction of sp³-hybridized carbons (Fsp3) is 0.571. The molecule has 0 radical (unpaired) electrons. The zero-order valence-electron chi connectivity index (χ0n) is 10.3. The number of hydrogen-bond acceptors (Lipinski definition) is 2. The van der Waals surface area contributed by atoms with Crippen molar-refractivity contribution < 1.29 is 8.78 Å². The lowest BCUT2D eigenvalue weighted by atomic mass is 9.87. The van der Waals surface area contributed by atoms with E-state index < -0.39 is 11.6 Å². The van der Waals surface area contributed by atoms with Crippen LogP contribution in [0.2, 0.25) is 0 Å². The first-order chi connectivity index (χ1) is 8.74. The Kier molecular flexibility index (Phi) is 3.20. The van der Waals surface area contributed by atoms with Gasteiger partial charge in [-0.05, 0) is 25.0 Å². The summed E-state index contributed by atoms with van der Waals surface area (Å²) in [6.07, 6.45) is 4.73. The highest BCUT2D eigenvalue weighted by molar-refractivity contribution is 5.49. The van der Waals surface area contributed by atoms with Gasteiger partial charge in [0.1, 0.15) is 11.6 Å². The van der Waals surface area contributed by atoms with E-state index in [1.54, 1.807) is 0 Å². The van der Waals surface area contributed by atoms with Gasteiger partial charge in [-0.2, -0.15) is 0 Å². The molecular formula is C14H18F2N2. The summed E-state index contributed by atoms with van der Waals surface area (Å²) in [5.74, 6) is -0.980. The molecule has 0 bridgehead atoms. The molecule has 2 atom stereocenters. The van der Waals surface area contributed by atoms with Crippen LogP contribution in [0.25, 0.3) is 0 Å². The van der Waals surface area contributed by atoms with Gasteiger partial charge < -0.3 is 10.2 Å². The average Bonchev–Trinajstić information content (AvgIpc) is 2.37. The minimum Gasteiger partial charge on any atom is -0.366 e. The smallest absolute Gasteiger partial charge is 0.128 e. The minimum atomic E-state index is -0.490. The SMILES string of the molecule is Fc1cc(F)cc(N2CCN[C@H]3CCCC[C@@H]32)c1. The molecular weight excluding hydrogens is 234 g/mol. The number of rotatable bonds is 1. The van der Waals surface area contributed by atoms with Gasteiger partial charge in [0.2, 0.25) is 0 Å². The summed E-state index contributed by atoms with van der Waals surface area (Å²) in [4.78, 5) is 2.17. The number of piperazine rings is 1. The Morgan fingerprint density at radius 1 is 1.06 bits per heavy atom. The molecule has 1 saturated heterocycles. The third-order valence-corrected chi connectivity index (χ3v) is 4.07. The Labute approximate surface area is 106 Å². The maximum Gasteiger partial charge on any atom is 0.128 e. The van der Waals surface area contributed by atoms with Gasteiger partial charge in [0, 0.05) is 36.9 Å². The highest BCUT2D eigenvalue weighted by atomic mass is 19.1. The zero-order chi connectivity index (χ0) is 12.5. The highest BCUT2D eigenvalue weighted by Gasteiger charge is 2.33.